The molecule has 0 saturated carbocycles. The number of rotatable bonds is 2. The minimum atomic E-state index is -1.40. The van der Waals surface area contributed by atoms with Gasteiger partial charge in [-0.05, 0) is 17.7 Å². The number of benzene rings is 1. The lowest BCUT2D eigenvalue weighted by Crippen LogP contribution is -2.15. The summed E-state index contributed by atoms with van der Waals surface area (Å²) in [7, 11) is 0. The van der Waals surface area contributed by atoms with Crippen molar-refractivity contribution in [1.29, 1.82) is 5.26 Å². The molecule has 0 saturated heterocycles. The van der Waals surface area contributed by atoms with Gasteiger partial charge >= 0.3 is 0 Å². The van der Waals surface area contributed by atoms with E-state index in [1.807, 2.05) is 0 Å². The van der Waals surface area contributed by atoms with Crippen LogP contribution in [0.5, 0.6) is 0 Å². The molecular formula is C9H8ClNO2. The molecule has 0 spiro atoms. The van der Waals surface area contributed by atoms with Crippen LogP contribution >= 0.6 is 11.6 Å². The first-order valence-corrected chi connectivity index (χ1v) is 4.04. The minimum Gasteiger partial charge on any atom is -0.385 e. The van der Waals surface area contributed by atoms with E-state index in [4.69, 9.17) is 22.0 Å². The summed E-state index contributed by atoms with van der Waals surface area (Å²) in [6.45, 7) is 0. The van der Waals surface area contributed by atoms with Crippen LogP contribution in [0.3, 0.4) is 0 Å². The first-order chi connectivity index (χ1) is 6.15. The smallest absolute Gasteiger partial charge is 0.170 e. The van der Waals surface area contributed by atoms with Gasteiger partial charge in [0.05, 0.1) is 6.07 Å². The maximum atomic E-state index is 9.36. The lowest BCUT2D eigenvalue weighted by atomic mass is 10.1. The van der Waals surface area contributed by atoms with Crippen LogP contribution < -0.4 is 0 Å². The Morgan fingerprint density at radius 2 is 1.77 bits per heavy atom. The van der Waals surface area contributed by atoms with E-state index in [9.17, 15) is 5.11 Å². The van der Waals surface area contributed by atoms with Crippen molar-refractivity contribution in [3.63, 3.8) is 0 Å². The molecule has 0 amide bonds. The molecule has 1 aromatic carbocycles. The lowest BCUT2D eigenvalue weighted by Gasteiger charge is -2.11. The molecule has 2 N–H and O–H groups in total. The van der Waals surface area contributed by atoms with Crippen LogP contribution in [-0.2, 0) is 0 Å². The third-order valence-electron chi connectivity index (χ3n) is 1.64. The Balaban J connectivity index is 2.84. The average Bonchev–Trinajstić information content (AvgIpc) is 2.17. The van der Waals surface area contributed by atoms with Gasteiger partial charge in [0.1, 0.15) is 6.10 Å². The maximum absolute atomic E-state index is 9.36. The van der Waals surface area contributed by atoms with Crippen molar-refractivity contribution in [3.8, 4) is 6.07 Å². The number of hydrogen-bond donors (Lipinski definition) is 2. The van der Waals surface area contributed by atoms with E-state index < -0.39 is 12.2 Å². The Labute approximate surface area is 80.8 Å². The SMILES string of the molecule is N#C[C@@H](O)[C@@H](O)c1ccc(Cl)cc1. The fraction of sp³-hybridized carbons (Fsp3) is 0.222. The Morgan fingerprint density at radius 3 is 2.23 bits per heavy atom. The zero-order valence-corrected chi connectivity index (χ0v) is 7.44. The highest BCUT2D eigenvalue weighted by atomic mass is 35.5. The van der Waals surface area contributed by atoms with Gasteiger partial charge in [0.25, 0.3) is 0 Å². The first kappa shape index (κ1) is 10.0. The Morgan fingerprint density at radius 1 is 1.23 bits per heavy atom. The summed E-state index contributed by atoms with van der Waals surface area (Å²) in [6, 6.07) is 7.85. The van der Waals surface area contributed by atoms with Gasteiger partial charge in [-0.15, -0.1) is 0 Å². The van der Waals surface area contributed by atoms with Gasteiger partial charge in [0, 0.05) is 5.02 Å². The zero-order chi connectivity index (χ0) is 9.84. The number of aliphatic hydroxyl groups excluding tert-OH is 2. The highest BCUT2D eigenvalue weighted by Gasteiger charge is 2.16. The Bertz CT molecular complexity index is 317. The van der Waals surface area contributed by atoms with Gasteiger partial charge in [0.15, 0.2) is 6.10 Å². The highest BCUT2D eigenvalue weighted by molar-refractivity contribution is 6.30. The summed E-state index contributed by atoms with van der Waals surface area (Å²) in [5, 5.41) is 27.2. The Hall–Kier alpha value is -1.08. The molecule has 1 aromatic rings. The second-order valence-electron chi connectivity index (χ2n) is 2.57. The molecule has 4 heteroatoms. The topological polar surface area (TPSA) is 64.2 Å². The van der Waals surface area contributed by atoms with Gasteiger partial charge in [0.2, 0.25) is 0 Å². The second kappa shape index (κ2) is 4.24. The van der Waals surface area contributed by atoms with Crippen molar-refractivity contribution in [2.45, 2.75) is 12.2 Å². The summed E-state index contributed by atoms with van der Waals surface area (Å²) in [5.74, 6) is 0. The molecule has 0 unspecified atom stereocenters. The van der Waals surface area contributed by atoms with E-state index in [0.29, 0.717) is 10.6 Å². The monoisotopic (exact) mass is 197 g/mol. The maximum Gasteiger partial charge on any atom is 0.170 e. The molecule has 0 heterocycles. The third kappa shape index (κ3) is 2.43. The first-order valence-electron chi connectivity index (χ1n) is 3.66. The molecule has 0 bridgehead atoms. The minimum absolute atomic E-state index is 0.471. The van der Waals surface area contributed by atoms with E-state index in [1.165, 1.54) is 0 Å². The standard InChI is InChI=1S/C9H8ClNO2/c10-7-3-1-6(2-4-7)9(13)8(12)5-11/h1-4,8-9,12-13H/t8-,9+/m1/s1. The van der Waals surface area contributed by atoms with Gasteiger partial charge < -0.3 is 10.2 Å². The summed E-state index contributed by atoms with van der Waals surface area (Å²) in [6.07, 6.45) is -2.58. The molecule has 0 aliphatic rings. The summed E-state index contributed by atoms with van der Waals surface area (Å²) in [5.41, 5.74) is 0.471. The number of hydrogen-bond acceptors (Lipinski definition) is 3. The quantitative estimate of drug-likeness (QED) is 0.702. The zero-order valence-electron chi connectivity index (χ0n) is 6.68. The van der Waals surface area contributed by atoms with Gasteiger partial charge in [-0.2, -0.15) is 5.26 Å². The molecule has 3 nitrogen and oxygen atoms in total. The average molecular weight is 198 g/mol. The molecule has 0 aliphatic carbocycles. The van der Waals surface area contributed by atoms with Gasteiger partial charge in [-0.3, -0.25) is 0 Å². The fourth-order valence-corrected chi connectivity index (χ4v) is 1.04. The molecule has 0 fully saturated rings. The van der Waals surface area contributed by atoms with Crippen LogP contribution in [0.4, 0.5) is 0 Å². The van der Waals surface area contributed by atoms with Gasteiger partial charge in [-0.1, -0.05) is 23.7 Å². The van der Waals surface area contributed by atoms with Crippen molar-refractivity contribution < 1.29 is 10.2 Å². The molecule has 0 aromatic heterocycles. The van der Waals surface area contributed by atoms with Crippen LogP contribution in [0, 0.1) is 11.3 Å². The van der Waals surface area contributed by atoms with Crippen molar-refractivity contribution in [3.05, 3.63) is 34.9 Å². The fourth-order valence-electron chi connectivity index (χ4n) is 0.913. The number of aliphatic hydroxyl groups is 2. The largest absolute Gasteiger partial charge is 0.385 e. The number of nitrogens with zero attached hydrogens (tertiary/aromatic N) is 1. The van der Waals surface area contributed by atoms with E-state index >= 15 is 0 Å². The second-order valence-corrected chi connectivity index (χ2v) is 3.01. The van der Waals surface area contributed by atoms with Crippen LogP contribution in [-0.4, -0.2) is 16.3 Å². The number of nitriles is 1. The van der Waals surface area contributed by atoms with Crippen LogP contribution in [0.1, 0.15) is 11.7 Å². The third-order valence-corrected chi connectivity index (χ3v) is 1.89. The molecule has 0 radical (unpaired) electrons. The van der Waals surface area contributed by atoms with Crippen LogP contribution in [0.25, 0.3) is 0 Å². The molecule has 2 atom stereocenters. The predicted octanol–water partition coefficient (Wildman–Crippen LogP) is 1.26. The molecule has 1 rings (SSSR count). The van der Waals surface area contributed by atoms with E-state index in [0.717, 1.165) is 0 Å². The molecule has 0 aliphatic heterocycles. The van der Waals surface area contributed by atoms with E-state index in [1.54, 1.807) is 30.3 Å². The summed E-state index contributed by atoms with van der Waals surface area (Å²) >= 11 is 5.62. The number of halogens is 1. The van der Waals surface area contributed by atoms with Crippen molar-refractivity contribution in [2.75, 3.05) is 0 Å². The van der Waals surface area contributed by atoms with Crippen molar-refractivity contribution >= 4 is 11.6 Å². The summed E-state index contributed by atoms with van der Waals surface area (Å²) in [4.78, 5) is 0. The van der Waals surface area contributed by atoms with E-state index in [-0.39, 0.29) is 0 Å². The molecule has 13 heavy (non-hydrogen) atoms. The predicted molar refractivity (Wildman–Crippen MR) is 48.0 cm³/mol. The van der Waals surface area contributed by atoms with Gasteiger partial charge in [-0.25, -0.2) is 0 Å². The molecular weight excluding hydrogens is 190 g/mol. The van der Waals surface area contributed by atoms with Crippen molar-refractivity contribution in [2.24, 2.45) is 0 Å². The van der Waals surface area contributed by atoms with Crippen LogP contribution in [0.15, 0.2) is 24.3 Å². The lowest BCUT2D eigenvalue weighted by molar-refractivity contribution is 0.0528. The van der Waals surface area contributed by atoms with Crippen molar-refractivity contribution in [1.82, 2.24) is 0 Å². The Kier molecular flexibility index (Phi) is 3.26. The molecule has 68 valence electrons. The van der Waals surface area contributed by atoms with E-state index in [2.05, 4.69) is 0 Å². The van der Waals surface area contributed by atoms with Crippen LogP contribution in [0.2, 0.25) is 5.02 Å². The normalized spacial score (nSPS) is 14.6. The highest BCUT2D eigenvalue weighted by Crippen LogP contribution is 2.18. The summed E-state index contributed by atoms with van der Waals surface area (Å²) < 4.78 is 0.